The molecule has 3 aromatic rings. The second kappa shape index (κ2) is 10.2. The van der Waals surface area contributed by atoms with Gasteiger partial charge >= 0.3 is 18.1 Å². The monoisotopic (exact) mass is 437 g/mol. The summed E-state index contributed by atoms with van der Waals surface area (Å²) in [7, 11) is 0. The average molecular weight is 437 g/mol. The van der Waals surface area contributed by atoms with Crippen molar-refractivity contribution in [1.82, 2.24) is 9.97 Å². The molecule has 0 aliphatic heterocycles. The normalized spacial score (nSPS) is 10.8. The minimum Gasteiger partial charge on any atom is -0.481 e. The maximum atomic E-state index is 11.7. The predicted octanol–water partition coefficient (Wildman–Crippen LogP) is 4.06. The molecule has 0 unspecified atom stereocenters. The second-order valence-electron chi connectivity index (χ2n) is 6.28. The molecule has 0 fully saturated rings. The first kappa shape index (κ1) is 23.4. The summed E-state index contributed by atoms with van der Waals surface area (Å²) in [6.07, 6.45) is -4.56. The average Bonchev–Trinajstić information content (AvgIpc) is 3.12. The summed E-state index contributed by atoms with van der Waals surface area (Å²) >= 11 is 0. The molecule has 0 bridgehead atoms. The van der Waals surface area contributed by atoms with Gasteiger partial charge in [0.1, 0.15) is 5.82 Å². The Labute approximate surface area is 173 Å². The van der Waals surface area contributed by atoms with Crippen molar-refractivity contribution < 1.29 is 37.8 Å². The number of imidazole rings is 1. The van der Waals surface area contributed by atoms with E-state index in [1.165, 1.54) is 0 Å². The first-order valence-corrected chi connectivity index (χ1v) is 8.93. The molecule has 3 rings (SSSR count). The molecular weight excluding hydrogens is 419 g/mol. The fourth-order valence-electron chi connectivity index (χ4n) is 2.42. The zero-order chi connectivity index (χ0) is 23.0. The molecule has 8 nitrogen and oxygen atoms in total. The lowest BCUT2D eigenvalue weighted by Gasteiger charge is -2.05. The van der Waals surface area contributed by atoms with E-state index in [0.29, 0.717) is 12.1 Å². The molecule has 0 saturated carbocycles. The molecule has 0 atom stereocenters. The van der Waals surface area contributed by atoms with Crippen LogP contribution in [0.2, 0.25) is 0 Å². The number of fused-ring (bicyclic) bond motifs is 1. The minimum atomic E-state index is -5.08. The number of carbonyl (C=O) groups is 3. The quantitative estimate of drug-likeness (QED) is 0.460. The lowest BCUT2D eigenvalue weighted by atomic mass is 10.2. The number of para-hydroxylation sites is 2. The van der Waals surface area contributed by atoms with E-state index in [2.05, 4.69) is 15.3 Å². The second-order valence-corrected chi connectivity index (χ2v) is 6.28. The van der Waals surface area contributed by atoms with Crippen molar-refractivity contribution in [3.8, 4) is 11.4 Å². The Morgan fingerprint density at radius 1 is 0.968 bits per heavy atom. The molecule has 0 aliphatic carbocycles. The third-order valence-electron chi connectivity index (χ3n) is 3.87. The van der Waals surface area contributed by atoms with Gasteiger partial charge in [-0.15, -0.1) is 0 Å². The zero-order valence-electron chi connectivity index (χ0n) is 15.9. The number of nitrogens with one attached hydrogen (secondary N) is 2. The molecule has 4 N–H and O–H groups in total. The van der Waals surface area contributed by atoms with Crippen LogP contribution in [0.4, 0.5) is 18.9 Å². The number of anilines is 1. The number of carboxylic acid groups (broad SMARTS) is 2. The van der Waals surface area contributed by atoms with Gasteiger partial charge in [-0.1, -0.05) is 12.1 Å². The number of benzene rings is 2. The van der Waals surface area contributed by atoms with Crippen LogP contribution in [0, 0.1) is 0 Å². The number of H-pyrrole nitrogens is 1. The number of aliphatic carboxylic acids is 2. The van der Waals surface area contributed by atoms with E-state index in [-0.39, 0.29) is 18.7 Å². The summed E-state index contributed by atoms with van der Waals surface area (Å²) in [5.41, 5.74) is 3.48. The molecule has 1 aromatic heterocycles. The van der Waals surface area contributed by atoms with Crippen molar-refractivity contribution in [2.45, 2.75) is 25.4 Å². The van der Waals surface area contributed by atoms with Gasteiger partial charge in [-0.25, -0.2) is 9.78 Å². The van der Waals surface area contributed by atoms with Gasteiger partial charge in [-0.05, 0) is 42.8 Å². The maximum absolute atomic E-state index is 11.7. The third kappa shape index (κ3) is 7.46. The molecule has 1 heterocycles. The lowest BCUT2D eigenvalue weighted by molar-refractivity contribution is -0.192. The minimum absolute atomic E-state index is 0.00158. The number of hydrogen-bond acceptors (Lipinski definition) is 4. The summed E-state index contributed by atoms with van der Waals surface area (Å²) in [6.45, 7) is 0. The molecular formula is C20H18F3N3O5. The van der Waals surface area contributed by atoms with Gasteiger partial charge in [0.25, 0.3) is 0 Å². The van der Waals surface area contributed by atoms with E-state index in [0.717, 1.165) is 22.4 Å². The van der Waals surface area contributed by atoms with Gasteiger partial charge in [0.05, 0.1) is 11.0 Å². The van der Waals surface area contributed by atoms with Crippen molar-refractivity contribution in [3.05, 3.63) is 48.5 Å². The van der Waals surface area contributed by atoms with Crippen LogP contribution in [-0.2, 0) is 14.4 Å². The van der Waals surface area contributed by atoms with E-state index in [4.69, 9.17) is 15.0 Å². The number of halogens is 3. The van der Waals surface area contributed by atoms with Crippen molar-refractivity contribution >= 4 is 34.6 Å². The number of nitrogens with zero attached hydrogens (tertiary/aromatic N) is 1. The number of hydrogen-bond donors (Lipinski definition) is 4. The van der Waals surface area contributed by atoms with Gasteiger partial charge in [-0.3, -0.25) is 9.59 Å². The van der Waals surface area contributed by atoms with Crippen LogP contribution in [0.25, 0.3) is 22.4 Å². The van der Waals surface area contributed by atoms with Crippen LogP contribution in [0.3, 0.4) is 0 Å². The van der Waals surface area contributed by atoms with Gasteiger partial charge in [-0.2, -0.15) is 13.2 Å². The SMILES string of the molecule is O=C(O)C(F)(F)F.O=C(O)CCCC(=O)Nc1ccc(-c2nc3ccccc3[nH]2)cc1. The molecule has 0 spiro atoms. The van der Waals surface area contributed by atoms with E-state index in [9.17, 15) is 22.8 Å². The van der Waals surface area contributed by atoms with Crippen LogP contribution in [0.15, 0.2) is 48.5 Å². The van der Waals surface area contributed by atoms with E-state index >= 15 is 0 Å². The van der Waals surface area contributed by atoms with Crippen LogP contribution in [0.1, 0.15) is 19.3 Å². The summed E-state index contributed by atoms with van der Waals surface area (Å²) in [4.78, 5) is 38.9. The zero-order valence-corrected chi connectivity index (χ0v) is 15.9. The number of rotatable bonds is 6. The number of amides is 1. The number of carboxylic acids is 2. The van der Waals surface area contributed by atoms with Crippen molar-refractivity contribution in [2.75, 3.05) is 5.32 Å². The number of aromatic nitrogens is 2. The lowest BCUT2D eigenvalue weighted by Crippen LogP contribution is -2.21. The molecule has 0 saturated heterocycles. The van der Waals surface area contributed by atoms with Crippen LogP contribution in [-0.4, -0.2) is 44.2 Å². The van der Waals surface area contributed by atoms with Gasteiger partial charge in [0.15, 0.2) is 0 Å². The topological polar surface area (TPSA) is 132 Å². The number of carbonyl (C=O) groups excluding carboxylic acids is 1. The smallest absolute Gasteiger partial charge is 0.481 e. The highest BCUT2D eigenvalue weighted by molar-refractivity contribution is 5.91. The first-order chi connectivity index (χ1) is 14.6. The molecule has 1 amide bonds. The van der Waals surface area contributed by atoms with Gasteiger partial charge in [0.2, 0.25) is 5.91 Å². The summed E-state index contributed by atoms with van der Waals surface area (Å²) < 4.78 is 31.7. The molecule has 0 aliphatic rings. The first-order valence-electron chi connectivity index (χ1n) is 8.93. The van der Waals surface area contributed by atoms with Gasteiger partial charge in [0, 0.05) is 24.1 Å². The molecule has 164 valence electrons. The summed E-state index contributed by atoms with van der Waals surface area (Å²) in [6, 6.07) is 15.2. The van der Waals surface area contributed by atoms with E-state index in [1.807, 2.05) is 36.4 Å². The molecule has 2 aromatic carbocycles. The van der Waals surface area contributed by atoms with Gasteiger partial charge < -0.3 is 20.5 Å². The Bertz CT molecular complexity index is 1030. The number of aromatic amines is 1. The largest absolute Gasteiger partial charge is 0.490 e. The summed E-state index contributed by atoms with van der Waals surface area (Å²) in [5, 5.41) is 18.5. The van der Waals surface area contributed by atoms with Crippen molar-refractivity contribution in [1.29, 1.82) is 0 Å². The number of alkyl halides is 3. The Morgan fingerprint density at radius 2 is 1.58 bits per heavy atom. The van der Waals surface area contributed by atoms with Crippen LogP contribution >= 0.6 is 0 Å². The molecule has 31 heavy (non-hydrogen) atoms. The van der Waals surface area contributed by atoms with E-state index in [1.54, 1.807) is 12.1 Å². The van der Waals surface area contributed by atoms with Crippen LogP contribution in [0.5, 0.6) is 0 Å². The standard InChI is InChI=1S/C18H17N3O3.C2HF3O2/c22-16(6-3-7-17(23)24)19-13-10-8-12(9-11-13)18-20-14-4-1-2-5-15(14)21-18;3-2(4,5)1(6)7/h1-2,4-5,8-11H,3,6-7H2,(H,19,22)(H,20,21)(H,23,24);(H,6,7). The maximum Gasteiger partial charge on any atom is 0.490 e. The van der Waals surface area contributed by atoms with E-state index < -0.39 is 18.1 Å². The molecule has 0 radical (unpaired) electrons. The summed E-state index contributed by atoms with van der Waals surface area (Å²) in [5.74, 6) is -3.06. The van der Waals surface area contributed by atoms with Crippen molar-refractivity contribution in [3.63, 3.8) is 0 Å². The predicted molar refractivity (Wildman–Crippen MR) is 105 cm³/mol. The highest BCUT2D eigenvalue weighted by Crippen LogP contribution is 2.22. The fourth-order valence-corrected chi connectivity index (χ4v) is 2.42. The van der Waals surface area contributed by atoms with Crippen molar-refractivity contribution in [2.24, 2.45) is 0 Å². The Morgan fingerprint density at radius 3 is 2.13 bits per heavy atom. The Hall–Kier alpha value is -3.89. The Balaban J connectivity index is 0.000000423. The third-order valence-corrected chi connectivity index (χ3v) is 3.87. The molecule has 11 heteroatoms. The highest BCUT2D eigenvalue weighted by atomic mass is 19.4. The van der Waals surface area contributed by atoms with Crippen LogP contribution < -0.4 is 5.32 Å². The fraction of sp³-hybridized carbons (Fsp3) is 0.200. The Kier molecular flexibility index (Phi) is 7.72. The highest BCUT2D eigenvalue weighted by Gasteiger charge is 2.38.